The lowest BCUT2D eigenvalue weighted by Crippen LogP contribution is -3.16. The number of nitrogens with zero attached hydrogens (tertiary/aromatic N) is 1. The molecule has 4 rings (SSSR count). The Morgan fingerprint density at radius 3 is 2.54 bits per heavy atom. The predicted octanol–water partition coefficient (Wildman–Crippen LogP) is 1.14. The number of carbonyl (C=O) groups excluding carboxylic acids is 3. The van der Waals surface area contributed by atoms with Crippen LogP contribution in [0, 0.1) is 0 Å². The van der Waals surface area contributed by atoms with E-state index in [0.717, 1.165) is 24.4 Å². The first-order valence-corrected chi connectivity index (χ1v) is 9.64. The Morgan fingerprint density at radius 2 is 1.82 bits per heavy atom. The SMILES string of the molecule is CCOC(=O)c1ccc(N2C(=O)C[C@@H]([NH+]3CCc4ccccc4C3)C2=O)cc1. The topological polar surface area (TPSA) is 68.1 Å². The Hall–Kier alpha value is -2.99. The third kappa shape index (κ3) is 3.31. The summed E-state index contributed by atoms with van der Waals surface area (Å²) in [4.78, 5) is 39.8. The number of fused-ring (bicyclic) bond motifs is 1. The van der Waals surface area contributed by atoms with Gasteiger partial charge in [0, 0.05) is 12.0 Å². The van der Waals surface area contributed by atoms with Gasteiger partial charge in [-0.15, -0.1) is 0 Å². The summed E-state index contributed by atoms with van der Waals surface area (Å²) in [6.07, 6.45) is 1.13. The monoisotopic (exact) mass is 379 g/mol. The molecule has 2 heterocycles. The highest BCUT2D eigenvalue weighted by Crippen LogP contribution is 2.23. The van der Waals surface area contributed by atoms with E-state index < -0.39 is 5.97 Å². The first-order chi connectivity index (χ1) is 13.6. The summed E-state index contributed by atoms with van der Waals surface area (Å²) in [5.41, 5.74) is 3.48. The molecule has 144 valence electrons. The van der Waals surface area contributed by atoms with E-state index in [9.17, 15) is 14.4 Å². The Balaban J connectivity index is 1.51. The second kappa shape index (κ2) is 7.56. The maximum Gasteiger partial charge on any atom is 0.338 e. The number of quaternary nitrogens is 1. The van der Waals surface area contributed by atoms with E-state index in [1.54, 1.807) is 31.2 Å². The highest BCUT2D eigenvalue weighted by molar-refractivity contribution is 6.22. The van der Waals surface area contributed by atoms with Crippen molar-refractivity contribution in [2.75, 3.05) is 18.1 Å². The van der Waals surface area contributed by atoms with Crippen LogP contribution < -0.4 is 9.80 Å². The number of esters is 1. The molecule has 0 bridgehead atoms. The van der Waals surface area contributed by atoms with Gasteiger partial charge < -0.3 is 9.64 Å². The average Bonchev–Trinajstić information content (AvgIpc) is 3.02. The van der Waals surface area contributed by atoms with Crippen molar-refractivity contribution in [1.29, 1.82) is 0 Å². The number of imide groups is 1. The lowest BCUT2D eigenvalue weighted by Gasteiger charge is -2.29. The molecule has 2 atom stereocenters. The Labute approximate surface area is 163 Å². The molecule has 28 heavy (non-hydrogen) atoms. The first kappa shape index (κ1) is 18.4. The van der Waals surface area contributed by atoms with Crippen LogP contribution in [0.25, 0.3) is 0 Å². The summed E-state index contributed by atoms with van der Waals surface area (Å²) in [5, 5.41) is 0. The van der Waals surface area contributed by atoms with Gasteiger partial charge in [-0.1, -0.05) is 24.3 Å². The molecule has 6 nitrogen and oxygen atoms in total. The van der Waals surface area contributed by atoms with Gasteiger partial charge in [-0.25, -0.2) is 9.69 Å². The molecule has 1 saturated heterocycles. The molecule has 0 saturated carbocycles. The second-order valence-corrected chi connectivity index (χ2v) is 7.20. The number of amides is 2. The summed E-state index contributed by atoms with van der Waals surface area (Å²) in [5.74, 6) is -0.768. The second-order valence-electron chi connectivity index (χ2n) is 7.20. The van der Waals surface area contributed by atoms with Crippen molar-refractivity contribution in [2.24, 2.45) is 0 Å². The van der Waals surface area contributed by atoms with E-state index in [1.807, 2.05) is 12.1 Å². The largest absolute Gasteiger partial charge is 0.462 e. The van der Waals surface area contributed by atoms with Gasteiger partial charge in [-0.3, -0.25) is 9.59 Å². The molecule has 2 amide bonds. The fraction of sp³-hybridized carbons (Fsp3) is 0.318. The van der Waals surface area contributed by atoms with Crippen LogP contribution in [-0.4, -0.2) is 37.0 Å². The van der Waals surface area contributed by atoms with Gasteiger partial charge in [0.2, 0.25) is 5.91 Å². The smallest absolute Gasteiger partial charge is 0.338 e. The minimum atomic E-state index is -0.414. The molecule has 2 aliphatic heterocycles. The maximum absolute atomic E-state index is 13.0. The number of benzene rings is 2. The van der Waals surface area contributed by atoms with Crippen LogP contribution in [0.2, 0.25) is 0 Å². The number of anilines is 1. The molecule has 0 spiro atoms. The van der Waals surface area contributed by atoms with Gasteiger partial charge in [0.15, 0.2) is 6.04 Å². The molecule has 0 aromatic heterocycles. The quantitative estimate of drug-likeness (QED) is 0.639. The van der Waals surface area contributed by atoms with Crippen molar-refractivity contribution in [3.05, 3.63) is 65.2 Å². The van der Waals surface area contributed by atoms with Crippen LogP contribution in [0.1, 0.15) is 34.8 Å². The van der Waals surface area contributed by atoms with Crippen molar-refractivity contribution in [3.63, 3.8) is 0 Å². The molecule has 2 aliphatic rings. The van der Waals surface area contributed by atoms with Gasteiger partial charge in [0.1, 0.15) is 6.54 Å². The van der Waals surface area contributed by atoms with Gasteiger partial charge in [0.25, 0.3) is 5.91 Å². The van der Waals surface area contributed by atoms with Gasteiger partial charge in [-0.2, -0.15) is 0 Å². The zero-order valence-corrected chi connectivity index (χ0v) is 15.8. The van der Waals surface area contributed by atoms with Crippen molar-refractivity contribution >= 4 is 23.5 Å². The van der Waals surface area contributed by atoms with E-state index in [1.165, 1.54) is 16.0 Å². The number of hydrogen-bond donors (Lipinski definition) is 1. The van der Waals surface area contributed by atoms with Crippen LogP contribution in [0.5, 0.6) is 0 Å². The molecule has 1 N–H and O–H groups in total. The highest BCUT2D eigenvalue weighted by atomic mass is 16.5. The summed E-state index contributed by atoms with van der Waals surface area (Å²) in [6.45, 7) is 3.65. The van der Waals surface area contributed by atoms with E-state index in [4.69, 9.17) is 4.74 Å². The molecule has 2 aromatic rings. The fourth-order valence-corrected chi connectivity index (χ4v) is 4.08. The van der Waals surface area contributed by atoms with E-state index in [-0.39, 0.29) is 24.3 Å². The molecule has 0 aliphatic carbocycles. The third-order valence-corrected chi connectivity index (χ3v) is 5.53. The summed E-state index contributed by atoms with van der Waals surface area (Å²) in [7, 11) is 0. The normalized spacial score (nSPS) is 21.5. The number of carbonyl (C=O) groups is 3. The van der Waals surface area contributed by atoms with Crippen LogP contribution >= 0.6 is 0 Å². The Kier molecular flexibility index (Phi) is 4.96. The number of hydrogen-bond acceptors (Lipinski definition) is 4. The van der Waals surface area contributed by atoms with Crippen molar-refractivity contribution < 1.29 is 24.0 Å². The lowest BCUT2D eigenvalue weighted by molar-refractivity contribution is -0.930. The molecule has 1 fully saturated rings. The zero-order valence-electron chi connectivity index (χ0n) is 15.8. The predicted molar refractivity (Wildman–Crippen MR) is 103 cm³/mol. The summed E-state index contributed by atoms with van der Waals surface area (Å²) >= 11 is 0. The van der Waals surface area contributed by atoms with E-state index >= 15 is 0 Å². The fourth-order valence-electron chi connectivity index (χ4n) is 4.08. The van der Waals surface area contributed by atoms with Crippen LogP contribution in [0.3, 0.4) is 0 Å². The zero-order chi connectivity index (χ0) is 19.7. The molecular formula is C22H23N2O4+. The lowest BCUT2D eigenvalue weighted by atomic mass is 9.98. The van der Waals surface area contributed by atoms with Crippen molar-refractivity contribution in [2.45, 2.75) is 32.4 Å². The molecule has 6 heteroatoms. The highest BCUT2D eigenvalue weighted by Gasteiger charge is 2.46. The van der Waals surface area contributed by atoms with E-state index in [2.05, 4.69) is 12.1 Å². The van der Waals surface area contributed by atoms with Crippen LogP contribution in [-0.2, 0) is 27.3 Å². The van der Waals surface area contributed by atoms with Gasteiger partial charge >= 0.3 is 5.97 Å². The minimum Gasteiger partial charge on any atom is -0.462 e. The number of ether oxygens (including phenoxy) is 1. The average molecular weight is 379 g/mol. The maximum atomic E-state index is 13.0. The summed E-state index contributed by atoms with van der Waals surface area (Å²) < 4.78 is 4.97. The summed E-state index contributed by atoms with van der Waals surface area (Å²) in [6, 6.07) is 14.4. The molecule has 2 aromatic carbocycles. The van der Waals surface area contributed by atoms with E-state index in [0.29, 0.717) is 17.9 Å². The first-order valence-electron chi connectivity index (χ1n) is 9.64. The molecule has 0 radical (unpaired) electrons. The Morgan fingerprint density at radius 1 is 1.11 bits per heavy atom. The Bertz CT molecular complexity index is 922. The third-order valence-electron chi connectivity index (χ3n) is 5.53. The number of rotatable bonds is 4. The van der Waals surface area contributed by atoms with Gasteiger partial charge in [-0.05, 0) is 36.8 Å². The minimum absolute atomic E-state index is 0.164. The van der Waals surface area contributed by atoms with Crippen LogP contribution in [0.15, 0.2) is 48.5 Å². The molecular weight excluding hydrogens is 356 g/mol. The van der Waals surface area contributed by atoms with Crippen molar-refractivity contribution in [1.82, 2.24) is 0 Å². The standard InChI is InChI=1S/C22H22N2O4/c1-2-28-22(27)16-7-9-18(10-8-16)24-20(25)13-19(21(24)26)23-12-11-15-5-3-4-6-17(15)14-23/h3-10,19H,2,11-14H2,1H3/p+1/t19-/m1/s1. The number of nitrogens with one attached hydrogen (secondary N) is 1. The molecule has 1 unspecified atom stereocenters. The van der Waals surface area contributed by atoms with Crippen molar-refractivity contribution in [3.8, 4) is 0 Å². The van der Waals surface area contributed by atoms with Gasteiger partial charge in [0.05, 0.1) is 30.8 Å². The van der Waals surface area contributed by atoms with Crippen LogP contribution in [0.4, 0.5) is 5.69 Å².